The third kappa shape index (κ3) is 5.56. The van der Waals surface area contributed by atoms with E-state index >= 15 is 0 Å². The number of carbonyl (C=O) groups is 2. The van der Waals surface area contributed by atoms with Crippen LogP contribution in [0.1, 0.15) is 44.6 Å². The maximum Gasteiger partial charge on any atom is 0.339 e. The van der Waals surface area contributed by atoms with Gasteiger partial charge in [-0.25, -0.2) is 18.2 Å². The predicted molar refractivity (Wildman–Crippen MR) is 126 cm³/mol. The maximum atomic E-state index is 12.8. The first-order chi connectivity index (χ1) is 15.6. The zero-order chi connectivity index (χ0) is 24.2. The van der Waals surface area contributed by atoms with Crippen LogP contribution in [0.3, 0.4) is 0 Å². The molecule has 0 atom stereocenters. The number of aromatic nitrogens is 1. The van der Waals surface area contributed by atoms with Gasteiger partial charge in [0.2, 0.25) is 0 Å². The number of nitrogens with zero attached hydrogens (tertiary/aromatic N) is 1. The Bertz CT molecular complexity index is 1280. The quantitative estimate of drug-likeness (QED) is 0.503. The zero-order valence-corrected chi connectivity index (χ0v) is 19.6. The van der Waals surface area contributed by atoms with Crippen LogP contribution in [-0.4, -0.2) is 31.9 Å². The Kier molecular flexibility index (Phi) is 7.13. The number of aryl methyl sites for hydroxylation is 3. The summed E-state index contributed by atoms with van der Waals surface area (Å²) in [7, 11) is -3.80. The number of ether oxygens (including phenoxy) is 1. The average Bonchev–Trinajstić information content (AvgIpc) is 2.77. The van der Waals surface area contributed by atoms with E-state index in [1.807, 2.05) is 32.0 Å². The summed E-state index contributed by atoms with van der Waals surface area (Å²) >= 11 is 0. The minimum atomic E-state index is -3.80. The summed E-state index contributed by atoms with van der Waals surface area (Å²) in [5, 5.41) is 2.67. The molecule has 1 heterocycles. The fourth-order valence-corrected chi connectivity index (χ4v) is 4.40. The molecule has 3 rings (SSSR count). The van der Waals surface area contributed by atoms with Gasteiger partial charge in [0.05, 0.1) is 28.4 Å². The molecule has 172 valence electrons. The summed E-state index contributed by atoms with van der Waals surface area (Å²) in [6.07, 6.45) is 0. The van der Waals surface area contributed by atoms with Crippen LogP contribution in [-0.2, 0) is 14.8 Å². The third-order valence-corrected chi connectivity index (χ3v) is 6.32. The van der Waals surface area contributed by atoms with E-state index in [9.17, 15) is 18.0 Å². The second-order valence-electron chi connectivity index (χ2n) is 7.40. The van der Waals surface area contributed by atoms with Crippen molar-refractivity contribution in [3.63, 3.8) is 0 Å². The smallest absolute Gasteiger partial charge is 0.339 e. The molecule has 0 fully saturated rings. The summed E-state index contributed by atoms with van der Waals surface area (Å²) in [4.78, 5) is 28.7. The molecule has 0 saturated heterocycles. The van der Waals surface area contributed by atoms with Crippen molar-refractivity contribution in [2.45, 2.75) is 32.6 Å². The summed E-state index contributed by atoms with van der Waals surface area (Å²) in [5.41, 5.74) is 3.37. The summed E-state index contributed by atoms with van der Waals surface area (Å²) < 4.78 is 33.2. The molecule has 8 nitrogen and oxygen atoms in total. The largest absolute Gasteiger partial charge is 0.462 e. The first kappa shape index (κ1) is 23.9. The number of para-hydroxylation sites is 1. The van der Waals surface area contributed by atoms with Crippen molar-refractivity contribution in [3.05, 3.63) is 82.7 Å². The summed E-state index contributed by atoms with van der Waals surface area (Å²) in [6.45, 7) is 7.23. The van der Waals surface area contributed by atoms with Crippen molar-refractivity contribution in [1.82, 2.24) is 4.98 Å². The molecule has 1 aromatic heterocycles. The topological polar surface area (TPSA) is 114 Å². The molecule has 0 aliphatic rings. The molecule has 3 aromatic rings. The minimum absolute atomic E-state index is 0.0657. The third-order valence-electron chi connectivity index (χ3n) is 4.95. The summed E-state index contributed by atoms with van der Waals surface area (Å²) in [5.74, 6) is -0.987. The monoisotopic (exact) mass is 467 g/mol. The minimum Gasteiger partial charge on any atom is -0.462 e. The van der Waals surface area contributed by atoms with Crippen molar-refractivity contribution in [3.8, 4) is 0 Å². The summed E-state index contributed by atoms with van der Waals surface area (Å²) in [6, 6.07) is 14.3. The maximum absolute atomic E-state index is 12.8. The second-order valence-corrected chi connectivity index (χ2v) is 9.08. The molecule has 0 aliphatic carbocycles. The van der Waals surface area contributed by atoms with Gasteiger partial charge >= 0.3 is 5.97 Å². The number of amides is 1. The molecule has 9 heteroatoms. The van der Waals surface area contributed by atoms with Crippen molar-refractivity contribution in [2.24, 2.45) is 0 Å². The lowest BCUT2D eigenvalue weighted by Crippen LogP contribution is -2.17. The normalized spacial score (nSPS) is 11.0. The molecule has 0 aliphatic heterocycles. The molecule has 33 heavy (non-hydrogen) atoms. The van der Waals surface area contributed by atoms with Crippen LogP contribution in [0.5, 0.6) is 0 Å². The van der Waals surface area contributed by atoms with Crippen molar-refractivity contribution < 1.29 is 22.7 Å². The number of anilines is 2. The lowest BCUT2D eigenvalue weighted by Gasteiger charge is -2.13. The Hall–Kier alpha value is -3.72. The zero-order valence-electron chi connectivity index (χ0n) is 18.8. The number of rotatable bonds is 7. The van der Waals surface area contributed by atoms with E-state index in [-0.39, 0.29) is 17.2 Å². The lowest BCUT2D eigenvalue weighted by atomic mass is 10.1. The van der Waals surface area contributed by atoms with Gasteiger partial charge in [-0.15, -0.1) is 0 Å². The van der Waals surface area contributed by atoms with E-state index in [0.29, 0.717) is 22.6 Å². The Morgan fingerprint density at radius 1 is 0.939 bits per heavy atom. The van der Waals surface area contributed by atoms with E-state index in [2.05, 4.69) is 15.0 Å². The fraction of sp³-hybridized carbons (Fsp3) is 0.208. The number of nitrogens with one attached hydrogen (secondary N) is 2. The first-order valence-corrected chi connectivity index (χ1v) is 11.8. The number of esters is 1. The van der Waals surface area contributed by atoms with Crippen LogP contribution in [0.2, 0.25) is 0 Å². The van der Waals surface area contributed by atoms with Gasteiger partial charge in [0, 0.05) is 5.69 Å². The highest BCUT2D eigenvalue weighted by molar-refractivity contribution is 7.92. The fourth-order valence-electron chi connectivity index (χ4n) is 3.19. The van der Waals surface area contributed by atoms with E-state index in [1.165, 1.54) is 36.4 Å². The van der Waals surface area contributed by atoms with Crippen LogP contribution >= 0.6 is 0 Å². The molecule has 0 bridgehead atoms. The van der Waals surface area contributed by atoms with Crippen LogP contribution in [0.25, 0.3) is 0 Å². The highest BCUT2D eigenvalue weighted by atomic mass is 32.2. The van der Waals surface area contributed by atoms with Crippen LogP contribution in [0.4, 0.5) is 11.4 Å². The molecule has 0 spiro atoms. The number of pyridine rings is 1. The molecule has 0 saturated carbocycles. The van der Waals surface area contributed by atoms with Gasteiger partial charge in [-0.2, -0.15) is 0 Å². The van der Waals surface area contributed by atoms with Crippen molar-refractivity contribution >= 4 is 33.3 Å². The number of hydrogen-bond acceptors (Lipinski definition) is 6. The molecule has 0 unspecified atom stereocenters. The second kappa shape index (κ2) is 9.83. The van der Waals surface area contributed by atoms with Crippen molar-refractivity contribution in [2.75, 3.05) is 16.6 Å². The SMILES string of the molecule is CCOC(=O)c1ccc(C(=O)Nc2ccc(S(=O)(=O)Nc3c(C)cccc3C)cc2)nc1C. The van der Waals surface area contributed by atoms with Gasteiger partial charge in [-0.3, -0.25) is 9.52 Å². The van der Waals surface area contributed by atoms with Gasteiger partial charge in [0.15, 0.2) is 0 Å². The highest BCUT2D eigenvalue weighted by Gasteiger charge is 2.18. The van der Waals surface area contributed by atoms with E-state index in [4.69, 9.17) is 4.74 Å². The molecular weight excluding hydrogens is 442 g/mol. The average molecular weight is 468 g/mol. The van der Waals surface area contributed by atoms with E-state index in [1.54, 1.807) is 13.8 Å². The van der Waals surface area contributed by atoms with Crippen molar-refractivity contribution in [1.29, 1.82) is 0 Å². The first-order valence-electron chi connectivity index (χ1n) is 10.3. The van der Waals surface area contributed by atoms with Gasteiger partial charge in [0.1, 0.15) is 5.69 Å². The van der Waals surface area contributed by atoms with Gasteiger partial charge in [0.25, 0.3) is 15.9 Å². The Morgan fingerprint density at radius 3 is 2.15 bits per heavy atom. The van der Waals surface area contributed by atoms with E-state index < -0.39 is 21.9 Å². The van der Waals surface area contributed by atoms with E-state index in [0.717, 1.165) is 11.1 Å². The predicted octanol–water partition coefficient (Wildman–Crippen LogP) is 4.24. The van der Waals surface area contributed by atoms with Gasteiger partial charge in [-0.1, -0.05) is 18.2 Å². The molecule has 2 aromatic carbocycles. The Balaban J connectivity index is 1.73. The molecular formula is C24H25N3O5S. The number of benzene rings is 2. The standard InChI is InChI=1S/C24H25N3O5S/c1-5-32-24(29)20-13-14-21(25-17(20)4)23(28)26-18-9-11-19(12-10-18)33(30,31)27-22-15(2)7-6-8-16(22)3/h6-14,27H,5H2,1-4H3,(H,26,28). The van der Waals surface area contributed by atoms with Crippen LogP contribution in [0.15, 0.2) is 59.5 Å². The lowest BCUT2D eigenvalue weighted by molar-refractivity contribution is 0.0524. The van der Waals surface area contributed by atoms with Crippen LogP contribution in [0, 0.1) is 20.8 Å². The highest BCUT2D eigenvalue weighted by Crippen LogP contribution is 2.24. The Morgan fingerprint density at radius 2 is 1.58 bits per heavy atom. The number of carbonyl (C=O) groups excluding carboxylic acids is 2. The molecule has 1 amide bonds. The van der Waals surface area contributed by atoms with Crippen LogP contribution < -0.4 is 10.0 Å². The Labute approximate surface area is 193 Å². The number of sulfonamides is 1. The van der Waals surface area contributed by atoms with Gasteiger partial charge < -0.3 is 10.1 Å². The molecule has 0 radical (unpaired) electrons. The molecule has 2 N–H and O–H groups in total. The number of hydrogen-bond donors (Lipinski definition) is 2. The van der Waals surface area contributed by atoms with Gasteiger partial charge in [-0.05, 0) is 75.2 Å².